The predicted molar refractivity (Wildman–Crippen MR) is 82.5 cm³/mol. The van der Waals surface area contributed by atoms with Crippen molar-refractivity contribution in [2.45, 2.75) is 20.4 Å². The molecule has 0 atom stereocenters. The average Bonchev–Trinajstić information content (AvgIpc) is 2.49. The van der Waals surface area contributed by atoms with Gasteiger partial charge >= 0.3 is 0 Å². The van der Waals surface area contributed by atoms with Gasteiger partial charge < -0.3 is 14.8 Å². The average molecular weight is 271 g/mol. The molecule has 0 aliphatic rings. The molecule has 3 heteroatoms. The van der Waals surface area contributed by atoms with E-state index in [4.69, 9.17) is 9.47 Å². The normalized spacial score (nSPS) is 10.1. The van der Waals surface area contributed by atoms with E-state index in [9.17, 15) is 0 Å². The molecule has 0 aliphatic carbocycles. The lowest BCUT2D eigenvalue weighted by Gasteiger charge is -2.09. The van der Waals surface area contributed by atoms with Crippen LogP contribution in [0.4, 0.5) is 5.69 Å². The van der Waals surface area contributed by atoms with Gasteiger partial charge in [-0.15, -0.1) is 0 Å². The summed E-state index contributed by atoms with van der Waals surface area (Å²) in [6.07, 6.45) is 0. The number of ether oxygens (including phenoxy) is 2. The van der Waals surface area contributed by atoms with Crippen molar-refractivity contribution in [3.63, 3.8) is 0 Å². The fraction of sp³-hybridized carbons (Fsp3) is 0.294. The van der Waals surface area contributed by atoms with Gasteiger partial charge in [0.1, 0.15) is 11.5 Å². The highest BCUT2D eigenvalue weighted by Crippen LogP contribution is 2.17. The predicted octanol–water partition coefficient (Wildman–Crippen LogP) is 4.10. The van der Waals surface area contributed by atoms with Crippen LogP contribution in [0.25, 0.3) is 0 Å². The van der Waals surface area contributed by atoms with Crippen LogP contribution >= 0.6 is 0 Å². The number of anilines is 1. The van der Waals surface area contributed by atoms with Gasteiger partial charge in [0, 0.05) is 12.2 Å². The minimum Gasteiger partial charge on any atom is -0.494 e. The van der Waals surface area contributed by atoms with Gasteiger partial charge in [-0.3, -0.25) is 0 Å². The summed E-state index contributed by atoms with van der Waals surface area (Å²) in [5.41, 5.74) is 2.31. The Kier molecular flexibility index (Phi) is 5.30. The number of hydrogen-bond acceptors (Lipinski definition) is 3. The van der Waals surface area contributed by atoms with Crippen LogP contribution in [0.3, 0.4) is 0 Å². The minimum atomic E-state index is 0.693. The summed E-state index contributed by atoms with van der Waals surface area (Å²) in [6.45, 7) is 6.16. The molecule has 2 aromatic rings. The third kappa shape index (κ3) is 4.19. The summed E-state index contributed by atoms with van der Waals surface area (Å²) in [4.78, 5) is 0. The van der Waals surface area contributed by atoms with Crippen LogP contribution in [-0.4, -0.2) is 13.2 Å². The monoisotopic (exact) mass is 271 g/mol. The molecule has 0 aromatic heterocycles. The van der Waals surface area contributed by atoms with E-state index in [1.807, 2.05) is 50.2 Å². The van der Waals surface area contributed by atoms with Crippen molar-refractivity contribution in [1.29, 1.82) is 0 Å². The van der Waals surface area contributed by atoms with Crippen molar-refractivity contribution in [3.8, 4) is 11.5 Å². The molecule has 20 heavy (non-hydrogen) atoms. The molecule has 0 saturated carbocycles. The minimum absolute atomic E-state index is 0.693. The molecular weight excluding hydrogens is 250 g/mol. The second-order valence-electron chi connectivity index (χ2n) is 4.39. The first-order valence-corrected chi connectivity index (χ1v) is 7.00. The Morgan fingerprint density at radius 2 is 1.25 bits per heavy atom. The fourth-order valence-corrected chi connectivity index (χ4v) is 1.91. The first-order chi connectivity index (χ1) is 9.81. The molecule has 1 N–H and O–H groups in total. The summed E-state index contributed by atoms with van der Waals surface area (Å²) in [5.74, 6) is 1.82. The fourth-order valence-electron chi connectivity index (χ4n) is 1.91. The topological polar surface area (TPSA) is 30.5 Å². The first kappa shape index (κ1) is 14.3. The molecule has 0 amide bonds. The molecular formula is C17H21NO2. The molecule has 0 aliphatic heterocycles. The maximum Gasteiger partial charge on any atom is 0.119 e. The van der Waals surface area contributed by atoms with E-state index in [1.165, 1.54) is 5.56 Å². The van der Waals surface area contributed by atoms with Crippen molar-refractivity contribution in [3.05, 3.63) is 54.1 Å². The van der Waals surface area contributed by atoms with Crippen molar-refractivity contribution in [2.75, 3.05) is 18.5 Å². The molecule has 0 bridgehead atoms. The Hall–Kier alpha value is -2.16. The van der Waals surface area contributed by atoms with Crippen LogP contribution in [0.1, 0.15) is 19.4 Å². The number of nitrogens with one attached hydrogen (secondary N) is 1. The Morgan fingerprint density at radius 3 is 1.75 bits per heavy atom. The van der Waals surface area contributed by atoms with Gasteiger partial charge in [0.25, 0.3) is 0 Å². The highest BCUT2D eigenvalue weighted by Gasteiger charge is 1.97. The highest BCUT2D eigenvalue weighted by molar-refractivity contribution is 5.47. The lowest BCUT2D eigenvalue weighted by atomic mass is 10.2. The van der Waals surface area contributed by atoms with E-state index in [-0.39, 0.29) is 0 Å². The van der Waals surface area contributed by atoms with Crippen LogP contribution < -0.4 is 14.8 Å². The standard InChI is InChI=1S/C17H21NO2/c1-3-19-16-9-5-14(6-10-16)13-18-15-7-11-17(12-8-15)20-4-2/h5-12,18H,3-4,13H2,1-2H3. The van der Waals surface area contributed by atoms with Gasteiger partial charge in [-0.05, 0) is 55.8 Å². The summed E-state index contributed by atoms with van der Waals surface area (Å²) in [7, 11) is 0. The lowest BCUT2D eigenvalue weighted by molar-refractivity contribution is 0.340. The van der Waals surface area contributed by atoms with E-state index < -0.39 is 0 Å². The maximum atomic E-state index is 5.43. The third-order valence-electron chi connectivity index (χ3n) is 2.90. The van der Waals surface area contributed by atoms with Gasteiger partial charge in [-0.2, -0.15) is 0 Å². The zero-order valence-electron chi connectivity index (χ0n) is 12.1. The second-order valence-corrected chi connectivity index (χ2v) is 4.39. The van der Waals surface area contributed by atoms with Crippen LogP contribution in [0.15, 0.2) is 48.5 Å². The van der Waals surface area contributed by atoms with E-state index in [0.717, 1.165) is 23.7 Å². The smallest absolute Gasteiger partial charge is 0.119 e. The molecule has 2 aromatic carbocycles. The number of rotatable bonds is 7. The summed E-state index contributed by atoms with van der Waals surface area (Å²) in [5, 5.41) is 3.39. The van der Waals surface area contributed by atoms with Crippen LogP contribution in [0.2, 0.25) is 0 Å². The van der Waals surface area contributed by atoms with Gasteiger partial charge in [-0.1, -0.05) is 12.1 Å². The summed E-state index contributed by atoms with van der Waals surface area (Å²) >= 11 is 0. The van der Waals surface area contributed by atoms with Gasteiger partial charge in [-0.25, -0.2) is 0 Å². The zero-order valence-corrected chi connectivity index (χ0v) is 12.1. The summed E-state index contributed by atoms with van der Waals surface area (Å²) in [6, 6.07) is 16.2. The van der Waals surface area contributed by atoms with Crippen LogP contribution in [0, 0.1) is 0 Å². The molecule has 0 saturated heterocycles. The molecule has 0 heterocycles. The molecule has 3 nitrogen and oxygen atoms in total. The molecule has 0 unspecified atom stereocenters. The Bertz CT molecular complexity index is 456. The quantitative estimate of drug-likeness (QED) is 0.822. The molecule has 0 fully saturated rings. The van der Waals surface area contributed by atoms with E-state index in [0.29, 0.717) is 13.2 Å². The third-order valence-corrected chi connectivity index (χ3v) is 2.90. The van der Waals surface area contributed by atoms with E-state index in [1.54, 1.807) is 0 Å². The first-order valence-electron chi connectivity index (χ1n) is 7.00. The molecule has 2 rings (SSSR count). The lowest BCUT2D eigenvalue weighted by Crippen LogP contribution is -2.00. The number of benzene rings is 2. The van der Waals surface area contributed by atoms with Crippen molar-refractivity contribution in [1.82, 2.24) is 0 Å². The van der Waals surface area contributed by atoms with E-state index in [2.05, 4.69) is 17.4 Å². The van der Waals surface area contributed by atoms with E-state index >= 15 is 0 Å². The maximum absolute atomic E-state index is 5.43. The highest BCUT2D eigenvalue weighted by atomic mass is 16.5. The van der Waals surface area contributed by atoms with Crippen LogP contribution in [-0.2, 0) is 6.54 Å². The van der Waals surface area contributed by atoms with Crippen molar-refractivity contribution < 1.29 is 9.47 Å². The van der Waals surface area contributed by atoms with Gasteiger partial charge in [0.15, 0.2) is 0 Å². The zero-order chi connectivity index (χ0) is 14.2. The van der Waals surface area contributed by atoms with Crippen molar-refractivity contribution in [2.24, 2.45) is 0 Å². The van der Waals surface area contributed by atoms with Gasteiger partial charge in [0.05, 0.1) is 13.2 Å². The Labute approximate surface area is 120 Å². The van der Waals surface area contributed by atoms with Crippen molar-refractivity contribution >= 4 is 5.69 Å². The van der Waals surface area contributed by atoms with Gasteiger partial charge in [0.2, 0.25) is 0 Å². The van der Waals surface area contributed by atoms with Crippen LogP contribution in [0.5, 0.6) is 11.5 Å². The molecule has 0 spiro atoms. The second kappa shape index (κ2) is 7.43. The SMILES string of the molecule is CCOc1ccc(CNc2ccc(OCC)cc2)cc1. The summed E-state index contributed by atoms with van der Waals surface area (Å²) < 4.78 is 10.8. The Morgan fingerprint density at radius 1 is 0.750 bits per heavy atom. The molecule has 0 radical (unpaired) electrons. The molecule has 106 valence electrons. The number of hydrogen-bond donors (Lipinski definition) is 1. The Balaban J connectivity index is 1.87. The largest absolute Gasteiger partial charge is 0.494 e.